The van der Waals surface area contributed by atoms with Crippen LogP contribution in [0.1, 0.15) is 27.4 Å². The van der Waals surface area contributed by atoms with E-state index < -0.39 is 5.83 Å². The topological polar surface area (TPSA) is 79.7 Å². The summed E-state index contributed by atoms with van der Waals surface area (Å²) in [5.41, 5.74) is 4.29. The largest absolute Gasteiger partial charge is 0.331 e. The predicted octanol–water partition coefficient (Wildman–Crippen LogP) is 2.94. The number of aromatic amines is 1. The van der Waals surface area contributed by atoms with Crippen molar-refractivity contribution in [3.8, 4) is 0 Å². The van der Waals surface area contributed by atoms with Crippen molar-refractivity contribution in [1.29, 1.82) is 0 Å². The molecule has 0 spiro atoms. The van der Waals surface area contributed by atoms with Gasteiger partial charge in [0.2, 0.25) is 0 Å². The summed E-state index contributed by atoms with van der Waals surface area (Å²) in [6.45, 7) is 7.95. The van der Waals surface area contributed by atoms with Crippen LogP contribution < -0.4 is 0 Å². The number of rotatable bonds is 4. The van der Waals surface area contributed by atoms with Crippen LogP contribution in [0.5, 0.6) is 0 Å². The number of carbonyl (C=O) groups is 1. The molecule has 142 valence electrons. The number of amides is 1. The lowest BCUT2D eigenvalue weighted by Gasteiger charge is -2.26. The number of fused-ring (bicyclic) bond motifs is 2. The van der Waals surface area contributed by atoms with E-state index in [4.69, 9.17) is 0 Å². The average molecular weight is 378 g/mol. The van der Waals surface area contributed by atoms with E-state index in [0.717, 1.165) is 27.9 Å². The Morgan fingerprint density at radius 3 is 3.00 bits per heavy atom. The summed E-state index contributed by atoms with van der Waals surface area (Å²) in [6, 6.07) is 1.77. The van der Waals surface area contributed by atoms with Crippen molar-refractivity contribution in [2.24, 2.45) is 7.05 Å². The van der Waals surface area contributed by atoms with Gasteiger partial charge in [-0.25, -0.2) is 4.39 Å². The molecule has 0 aliphatic carbocycles. The van der Waals surface area contributed by atoms with Crippen molar-refractivity contribution in [2.45, 2.75) is 13.0 Å². The third-order valence-corrected chi connectivity index (χ3v) is 4.86. The second-order valence-electron chi connectivity index (χ2n) is 6.62. The first kappa shape index (κ1) is 17.8. The molecule has 4 rings (SSSR count). The number of allylic oxidation sites excluding steroid dienone is 4. The maximum atomic E-state index is 13.3. The minimum atomic E-state index is -0.544. The van der Waals surface area contributed by atoms with E-state index in [1.54, 1.807) is 41.2 Å². The molecule has 3 aromatic heterocycles. The Morgan fingerprint density at radius 1 is 1.43 bits per heavy atom. The van der Waals surface area contributed by atoms with Crippen molar-refractivity contribution >= 4 is 22.4 Å². The molecule has 0 atom stereocenters. The molecule has 1 aliphatic heterocycles. The summed E-state index contributed by atoms with van der Waals surface area (Å²) < 4.78 is 15.0. The Labute approximate surface area is 160 Å². The van der Waals surface area contributed by atoms with Crippen LogP contribution in [0.25, 0.3) is 16.5 Å². The quantitative estimate of drug-likeness (QED) is 0.708. The van der Waals surface area contributed by atoms with E-state index in [2.05, 4.69) is 33.4 Å². The summed E-state index contributed by atoms with van der Waals surface area (Å²) >= 11 is 0. The molecule has 0 saturated heterocycles. The van der Waals surface area contributed by atoms with Gasteiger partial charge in [0, 0.05) is 36.3 Å². The van der Waals surface area contributed by atoms with Crippen molar-refractivity contribution in [2.75, 3.05) is 6.54 Å². The Balaban J connectivity index is 1.66. The smallest absolute Gasteiger partial charge is 0.275 e. The van der Waals surface area contributed by atoms with Gasteiger partial charge in [0.15, 0.2) is 5.69 Å². The summed E-state index contributed by atoms with van der Waals surface area (Å²) in [7, 11) is 1.80. The maximum Gasteiger partial charge on any atom is 0.275 e. The van der Waals surface area contributed by atoms with E-state index in [1.165, 1.54) is 6.08 Å². The monoisotopic (exact) mass is 378 g/mol. The number of hydrogen-bond acceptors (Lipinski definition) is 4. The molecule has 0 bridgehead atoms. The SMILES string of the molecule is C=C/C(=C\C(=C)F)c1c2c(nn1C)CN(C(=O)c1n[nH]c3cnccc13)CC2. The predicted molar refractivity (Wildman–Crippen MR) is 104 cm³/mol. The third kappa shape index (κ3) is 2.92. The first-order valence-corrected chi connectivity index (χ1v) is 8.80. The van der Waals surface area contributed by atoms with Crippen LogP contribution in [0.3, 0.4) is 0 Å². The van der Waals surface area contributed by atoms with Crippen molar-refractivity contribution < 1.29 is 9.18 Å². The number of aryl methyl sites for hydroxylation is 1. The van der Waals surface area contributed by atoms with Gasteiger partial charge in [0.1, 0.15) is 5.83 Å². The number of halogens is 1. The van der Waals surface area contributed by atoms with E-state index in [1.807, 2.05) is 0 Å². The summed E-state index contributed by atoms with van der Waals surface area (Å²) in [6.07, 6.45) is 6.81. The van der Waals surface area contributed by atoms with Crippen molar-refractivity contribution in [3.63, 3.8) is 0 Å². The normalized spacial score (nSPS) is 14.2. The molecule has 1 N–H and O–H groups in total. The second-order valence-corrected chi connectivity index (χ2v) is 6.62. The summed E-state index contributed by atoms with van der Waals surface area (Å²) in [5.74, 6) is -0.704. The van der Waals surface area contributed by atoms with Crippen molar-refractivity contribution in [1.82, 2.24) is 29.9 Å². The van der Waals surface area contributed by atoms with E-state index in [9.17, 15) is 9.18 Å². The third-order valence-electron chi connectivity index (χ3n) is 4.86. The van der Waals surface area contributed by atoms with Gasteiger partial charge in [-0.15, -0.1) is 0 Å². The lowest BCUT2D eigenvalue weighted by molar-refractivity contribution is 0.0728. The van der Waals surface area contributed by atoms with Gasteiger partial charge in [-0.05, 0) is 18.6 Å². The van der Waals surface area contributed by atoms with E-state index >= 15 is 0 Å². The molecule has 0 radical (unpaired) electrons. The zero-order valence-corrected chi connectivity index (χ0v) is 15.4. The van der Waals surface area contributed by atoms with Crippen LogP contribution in [0.2, 0.25) is 0 Å². The molecule has 0 aromatic carbocycles. The molecule has 1 amide bonds. The number of nitrogens with zero attached hydrogens (tertiary/aromatic N) is 5. The standard InChI is InChI=1S/C20H19FN6O/c1-4-13(9-12(2)21)19-15-6-8-27(11-17(15)25-26(19)3)20(28)18-14-5-7-22-10-16(14)23-24-18/h4-5,7,9-10H,1-2,6,8,11H2,3H3,(H,23,24)/b13-9+. The van der Waals surface area contributed by atoms with Gasteiger partial charge < -0.3 is 4.90 Å². The van der Waals surface area contributed by atoms with E-state index in [-0.39, 0.29) is 5.91 Å². The molecule has 7 nitrogen and oxygen atoms in total. The van der Waals surface area contributed by atoms with Crippen LogP contribution in [0, 0.1) is 0 Å². The van der Waals surface area contributed by atoms with E-state index in [0.29, 0.717) is 30.8 Å². The zero-order valence-electron chi connectivity index (χ0n) is 15.4. The molecular formula is C20H19FN6O. The number of aromatic nitrogens is 5. The lowest BCUT2D eigenvalue weighted by atomic mass is 9.99. The fraction of sp³-hybridized carbons (Fsp3) is 0.200. The minimum absolute atomic E-state index is 0.160. The molecule has 28 heavy (non-hydrogen) atoms. The number of H-pyrrole nitrogens is 1. The number of hydrogen-bond donors (Lipinski definition) is 1. The molecule has 4 heterocycles. The Kier molecular flexibility index (Phi) is 4.38. The molecule has 3 aromatic rings. The highest BCUT2D eigenvalue weighted by Crippen LogP contribution is 2.29. The van der Waals surface area contributed by atoms with Crippen molar-refractivity contribution in [3.05, 3.63) is 72.2 Å². The molecule has 8 heteroatoms. The maximum absolute atomic E-state index is 13.3. The first-order valence-electron chi connectivity index (χ1n) is 8.80. The van der Waals surface area contributed by atoms with Gasteiger partial charge in [-0.1, -0.05) is 19.2 Å². The van der Waals surface area contributed by atoms with Crippen LogP contribution in [0.15, 0.2) is 49.6 Å². The Hall–Kier alpha value is -3.55. The summed E-state index contributed by atoms with van der Waals surface area (Å²) in [4.78, 5) is 18.8. The number of nitrogens with one attached hydrogen (secondary N) is 1. The van der Waals surface area contributed by atoms with Crippen LogP contribution in [-0.4, -0.2) is 42.3 Å². The average Bonchev–Trinajstić information content (AvgIpc) is 3.25. The highest BCUT2D eigenvalue weighted by atomic mass is 19.1. The minimum Gasteiger partial charge on any atom is -0.331 e. The highest BCUT2D eigenvalue weighted by Gasteiger charge is 2.29. The molecule has 1 aliphatic rings. The second kappa shape index (κ2) is 6.88. The lowest BCUT2D eigenvalue weighted by Crippen LogP contribution is -2.36. The fourth-order valence-electron chi connectivity index (χ4n) is 3.63. The van der Waals surface area contributed by atoms with Gasteiger partial charge in [-0.3, -0.25) is 19.6 Å². The van der Waals surface area contributed by atoms with Crippen LogP contribution >= 0.6 is 0 Å². The summed E-state index contributed by atoms with van der Waals surface area (Å²) in [5, 5.41) is 12.3. The van der Waals surface area contributed by atoms with Gasteiger partial charge in [0.25, 0.3) is 5.91 Å². The highest BCUT2D eigenvalue weighted by molar-refractivity contribution is 6.04. The van der Waals surface area contributed by atoms with Crippen LogP contribution in [-0.2, 0) is 20.0 Å². The fourth-order valence-corrected chi connectivity index (χ4v) is 3.63. The number of pyridine rings is 1. The Morgan fingerprint density at radius 2 is 2.25 bits per heavy atom. The van der Waals surface area contributed by atoms with Gasteiger partial charge >= 0.3 is 0 Å². The molecule has 0 fully saturated rings. The molecule has 0 unspecified atom stereocenters. The molecular weight excluding hydrogens is 359 g/mol. The van der Waals surface area contributed by atoms with Gasteiger partial charge in [0.05, 0.1) is 29.6 Å². The first-order chi connectivity index (χ1) is 13.5. The van der Waals surface area contributed by atoms with Crippen LogP contribution in [0.4, 0.5) is 4.39 Å². The zero-order chi connectivity index (χ0) is 19.8. The van der Waals surface area contributed by atoms with Gasteiger partial charge in [-0.2, -0.15) is 10.2 Å². The Bertz CT molecular complexity index is 1140. The molecule has 0 saturated carbocycles. The number of carbonyl (C=O) groups excluding carboxylic acids is 1.